The van der Waals surface area contributed by atoms with Crippen molar-refractivity contribution < 1.29 is 22.7 Å². The molecule has 7 heteroatoms. The third-order valence-electron chi connectivity index (χ3n) is 7.67. The maximum Gasteiger partial charge on any atom is 0.355 e. The van der Waals surface area contributed by atoms with Gasteiger partial charge in [-0.05, 0) is 46.1 Å². The summed E-state index contributed by atoms with van der Waals surface area (Å²) >= 11 is 0. The van der Waals surface area contributed by atoms with Crippen LogP contribution in [0.3, 0.4) is 0 Å². The van der Waals surface area contributed by atoms with Crippen molar-refractivity contribution in [2.24, 2.45) is 0 Å². The van der Waals surface area contributed by atoms with Gasteiger partial charge in [-0.3, -0.25) is 4.79 Å². The molecule has 0 fully saturated rings. The Morgan fingerprint density at radius 1 is 0.780 bits per heavy atom. The van der Waals surface area contributed by atoms with Gasteiger partial charge in [0.1, 0.15) is 11.7 Å². The molecule has 0 N–H and O–H groups in total. The monoisotopic (exact) mass is 573 g/mol. The summed E-state index contributed by atoms with van der Waals surface area (Å²) in [7, 11) is -3.22. The second kappa shape index (κ2) is 12.0. The summed E-state index contributed by atoms with van der Waals surface area (Å²) in [4.78, 5) is 27.7. The van der Waals surface area contributed by atoms with Gasteiger partial charge < -0.3 is 4.74 Å². The fraction of sp³-hybridized carbons (Fsp3) is 0.353. The number of carbonyl (C=O) groups is 2. The highest BCUT2D eigenvalue weighted by molar-refractivity contribution is 7.89. The second-order valence-electron chi connectivity index (χ2n) is 11.4. The van der Waals surface area contributed by atoms with Crippen LogP contribution < -0.4 is 0 Å². The van der Waals surface area contributed by atoms with E-state index in [-0.39, 0.29) is 28.3 Å². The van der Waals surface area contributed by atoms with E-state index in [4.69, 9.17) is 4.74 Å². The van der Waals surface area contributed by atoms with Gasteiger partial charge in [0.2, 0.25) is 0 Å². The van der Waals surface area contributed by atoms with Crippen molar-refractivity contribution in [1.29, 1.82) is 0 Å². The summed E-state index contributed by atoms with van der Waals surface area (Å²) in [6.45, 7) is 12.0. The minimum absolute atomic E-state index is 0.127. The number of hydrogen-bond acceptors (Lipinski definition) is 5. The average Bonchev–Trinajstić information content (AvgIpc) is 3.38. The van der Waals surface area contributed by atoms with Crippen LogP contribution >= 0.6 is 0 Å². The Kier molecular flexibility index (Phi) is 8.88. The summed E-state index contributed by atoms with van der Waals surface area (Å²) in [5.41, 5.74) is 3.30. The zero-order valence-electron chi connectivity index (χ0n) is 24.8. The number of rotatable bonds is 9. The fourth-order valence-electron chi connectivity index (χ4n) is 5.45. The van der Waals surface area contributed by atoms with Gasteiger partial charge in [0.05, 0.1) is 12.0 Å². The third-order valence-corrected chi connectivity index (χ3v) is 9.60. The lowest BCUT2D eigenvalue weighted by Gasteiger charge is -2.33. The highest BCUT2D eigenvalue weighted by atomic mass is 32.2. The predicted molar refractivity (Wildman–Crippen MR) is 162 cm³/mol. The minimum atomic E-state index is -4.44. The molecule has 2 atom stereocenters. The first-order valence-electron chi connectivity index (χ1n) is 14.1. The van der Waals surface area contributed by atoms with Crippen molar-refractivity contribution in [1.82, 2.24) is 4.31 Å². The number of nitrogens with zero attached hydrogens (tertiary/aromatic N) is 1. The van der Waals surface area contributed by atoms with Gasteiger partial charge in [-0.15, -0.1) is 0 Å². The number of carbonyl (C=O) groups excluding carboxylic acids is 2. The molecular formula is C34H39NO5S. The first-order chi connectivity index (χ1) is 19.4. The Bertz CT molecular complexity index is 1530. The zero-order chi connectivity index (χ0) is 30.1. The molecule has 3 aromatic rings. The Morgan fingerprint density at radius 2 is 1.29 bits per heavy atom. The first-order valence-corrected chi connectivity index (χ1v) is 15.5. The zero-order valence-corrected chi connectivity index (χ0v) is 25.6. The summed E-state index contributed by atoms with van der Waals surface area (Å²) in [5.74, 6) is -1.97. The average molecular weight is 574 g/mol. The first kappa shape index (κ1) is 30.3. The molecule has 6 nitrogen and oxygen atoms in total. The lowest BCUT2D eigenvalue weighted by atomic mass is 9.88. The van der Waals surface area contributed by atoms with Crippen LogP contribution in [0.4, 0.5) is 0 Å². The molecule has 0 saturated carbocycles. The van der Waals surface area contributed by atoms with E-state index in [2.05, 4.69) is 13.8 Å². The normalized spacial score (nSPS) is 17.3. The lowest BCUT2D eigenvalue weighted by Crippen LogP contribution is -2.45. The van der Waals surface area contributed by atoms with Gasteiger partial charge in [0, 0.05) is 11.5 Å². The smallest absolute Gasteiger partial charge is 0.355 e. The molecule has 216 valence electrons. The molecule has 0 saturated heterocycles. The number of sulfonamides is 1. The fourth-order valence-corrected chi connectivity index (χ4v) is 7.76. The van der Waals surface area contributed by atoms with Gasteiger partial charge >= 0.3 is 5.97 Å². The molecule has 3 aromatic carbocycles. The molecule has 0 unspecified atom stereocenters. The predicted octanol–water partition coefficient (Wildman–Crippen LogP) is 7.15. The van der Waals surface area contributed by atoms with Crippen LogP contribution in [0, 0.1) is 0 Å². The number of hydrogen-bond donors (Lipinski definition) is 0. The summed E-state index contributed by atoms with van der Waals surface area (Å²) in [6, 6.07) is 20.5. The summed E-state index contributed by atoms with van der Waals surface area (Å²) in [6.07, 6.45) is 1.57. The van der Waals surface area contributed by atoms with Crippen molar-refractivity contribution in [3.05, 3.63) is 112 Å². The van der Waals surface area contributed by atoms with Crippen molar-refractivity contribution in [2.75, 3.05) is 7.11 Å². The molecule has 1 heterocycles. The molecule has 1 aliphatic rings. The maximum absolute atomic E-state index is 15.0. The van der Waals surface area contributed by atoms with Crippen LogP contribution in [0.25, 0.3) is 0 Å². The summed E-state index contributed by atoms with van der Waals surface area (Å²) < 4.78 is 36.2. The number of ketones is 1. The number of ether oxygens (including phenoxy) is 1. The van der Waals surface area contributed by atoms with Crippen LogP contribution in [0.5, 0.6) is 0 Å². The van der Waals surface area contributed by atoms with Crippen LogP contribution in [0.2, 0.25) is 0 Å². The molecule has 0 bridgehead atoms. The van der Waals surface area contributed by atoms with E-state index in [0.29, 0.717) is 16.7 Å². The van der Waals surface area contributed by atoms with Crippen LogP contribution in [0.1, 0.15) is 97.8 Å². The molecule has 0 aromatic heterocycles. The Hall–Kier alpha value is -3.71. The second-order valence-corrected chi connectivity index (χ2v) is 13.2. The van der Waals surface area contributed by atoms with Gasteiger partial charge in [0.25, 0.3) is 10.0 Å². The van der Waals surface area contributed by atoms with Crippen molar-refractivity contribution in [3.63, 3.8) is 0 Å². The van der Waals surface area contributed by atoms with Crippen LogP contribution in [0.15, 0.2) is 89.5 Å². The van der Waals surface area contributed by atoms with E-state index in [1.54, 1.807) is 36.4 Å². The number of benzene rings is 3. The minimum Gasteiger partial charge on any atom is -0.464 e. The van der Waals surface area contributed by atoms with Gasteiger partial charge in [-0.1, -0.05) is 114 Å². The molecule has 4 rings (SSSR count). The van der Waals surface area contributed by atoms with E-state index >= 15 is 8.42 Å². The van der Waals surface area contributed by atoms with Crippen molar-refractivity contribution in [2.45, 2.75) is 76.2 Å². The molecule has 0 spiro atoms. The van der Waals surface area contributed by atoms with E-state index in [9.17, 15) is 9.59 Å². The summed E-state index contributed by atoms with van der Waals surface area (Å²) in [5, 5.41) is 0. The number of esters is 1. The Morgan fingerprint density at radius 3 is 1.76 bits per heavy atom. The molecule has 0 radical (unpaired) electrons. The van der Waals surface area contributed by atoms with Crippen LogP contribution in [-0.2, 0) is 19.6 Å². The lowest BCUT2D eigenvalue weighted by molar-refractivity contribution is -0.137. The number of methoxy groups -OCH3 is 1. The van der Waals surface area contributed by atoms with Crippen LogP contribution in [-0.4, -0.2) is 37.6 Å². The van der Waals surface area contributed by atoms with Gasteiger partial charge in [-0.25, -0.2) is 17.5 Å². The third kappa shape index (κ3) is 5.73. The van der Waals surface area contributed by atoms with Crippen molar-refractivity contribution in [3.8, 4) is 0 Å². The molecule has 0 aliphatic carbocycles. The Balaban J connectivity index is 2.06. The standard InChI is InChI=1S/C34H39NO5S/c1-21(2)26-18-27(22(3)4)33(28(19-26)23(5)6)41(38,39)35-30(34(37)40-7)20-29(24-14-10-8-11-15-24)31(35)32(36)25-16-12-9-13-17-25/h8-23,29,31H,1-7H3/t29-,31+/m0/s1. The van der Waals surface area contributed by atoms with E-state index in [1.165, 1.54) is 7.11 Å². The van der Waals surface area contributed by atoms with E-state index < -0.39 is 33.7 Å². The molecule has 41 heavy (non-hydrogen) atoms. The molecule has 1 aliphatic heterocycles. The quantitative estimate of drug-likeness (QED) is 0.201. The largest absolute Gasteiger partial charge is 0.464 e. The topological polar surface area (TPSA) is 80.8 Å². The molecular weight excluding hydrogens is 534 g/mol. The molecule has 0 amide bonds. The Labute approximate surface area is 244 Å². The maximum atomic E-state index is 15.0. The van der Waals surface area contributed by atoms with Gasteiger partial charge in [0.15, 0.2) is 5.78 Å². The number of Topliss-reactive ketones (excluding diaryl/α,β-unsaturated/α-hetero) is 1. The highest BCUT2D eigenvalue weighted by Gasteiger charge is 2.50. The van der Waals surface area contributed by atoms with E-state index in [1.807, 2.05) is 70.2 Å². The SMILES string of the molecule is COC(=O)C1=C[C@@H](c2ccccc2)[C@H](C(=O)c2ccccc2)N1S(=O)(=O)c1c(C(C)C)cc(C(C)C)cc1C(C)C. The highest BCUT2D eigenvalue weighted by Crippen LogP contribution is 2.44. The van der Waals surface area contributed by atoms with Crippen molar-refractivity contribution >= 4 is 21.8 Å². The van der Waals surface area contributed by atoms with Gasteiger partial charge in [-0.2, -0.15) is 0 Å². The van der Waals surface area contributed by atoms with E-state index in [0.717, 1.165) is 15.4 Å².